The SMILES string of the molecule is Br.CNCCCCNC(=O)Cc1n[nH]c(=O)c2c1CCCC2. The molecular weight excluding hydrogens is 348 g/mol. The van der Waals surface area contributed by atoms with Crippen LogP contribution in [0, 0.1) is 0 Å². The molecule has 0 unspecified atom stereocenters. The van der Waals surface area contributed by atoms with Gasteiger partial charge in [0.2, 0.25) is 5.91 Å². The fourth-order valence-corrected chi connectivity index (χ4v) is 2.74. The number of carbonyl (C=O) groups excluding carboxylic acids is 1. The maximum absolute atomic E-state index is 12.0. The van der Waals surface area contributed by atoms with Crippen molar-refractivity contribution in [2.45, 2.75) is 44.9 Å². The molecule has 0 aromatic carbocycles. The monoisotopic (exact) mass is 372 g/mol. The molecule has 0 saturated heterocycles. The number of nitrogens with one attached hydrogen (secondary N) is 3. The van der Waals surface area contributed by atoms with Gasteiger partial charge in [0.25, 0.3) is 5.56 Å². The molecule has 1 aliphatic rings. The molecule has 0 radical (unpaired) electrons. The van der Waals surface area contributed by atoms with E-state index >= 15 is 0 Å². The normalized spacial score (nSPS) is 13.1. The highest BCUT2D eigenvalue weighted by Gasteiger charge is 2.19. The molecule has 1 aliphatic carbocycles. The van der Waals surface area contributed by atoms with Gasteiger partial charge in [-0.3, -0.25) is 9.59 Å². The maximum Gasteiger partial charge on any atom is 0.267 e. The Morgan fingerprint density at radius 3 is 2.59 bits per heavy atom. The molecule has 3 N–H and O–H groups in total. The molecular formula is C15H25BrN4O2. The van der Waals surface area contributed by atoms with E-state index < -0.39 is 0 Å². The summed E-state index contributed by atoms with van der Waals surface area (Å²) in [6.45, 7) is 1.65. The molecule has 0 saturated carbocycles. The van der Waals surface area contributed by atoms with Crippen LogP contribution in [-0.2, 0) is 24.1 Å². The minimum Gasteiger partial charge on any atom is -0.356 e. The van der Waals surface area contributed by atoms with E-state index in [2.05, 4.69) is 20.8 Å². The zero-order valence-electron chi connectivity index (χ0n) is 13.0. The number of amides is 1. The zero-order valence-corrected chi connectivity index (χ0v) is 14.7. The van der Waals surface area contributed by atoms with Gasteiger partial charge in [0.1, 0.15) is 0 Å². The molecule has 0 bridgehead atoms. The molecule has 124 valence electrons. The third-order valence-electron chi connectivity index (χ3n) is 3.89. The van der Waals surface area contributed by atoms with E-state index in [1.165, 1.54) is 0 Å². The van der Waals surface area contributed by atoms with Crippen LogP contribution in [0.25, 0.3) is 0 Å². The van der Waals surface area contributed by atoms with E-state index in [1.807, 2.05) is 7.05 Å². The van der Waals surface area contributed by atoms with Crippen molar-refractivity contribution in [2.24, 2.45) is 0 Å². The Balaban J connectivity index is 0.00000242. The first-order valence-corrected chi connectivity index (χ1v) is 7.73. The van der Waals surface area contributed by atoms with E-state index in [0.29, 0.717) is 6.54 Å². The second-order valence-corrected chi connectivity index (χ2v) is 5.50. The second-order valence-electron chi connectivity index (χ2n) is 5.50. The van der Waals surface area contributed by atoms with Gasteiger partial charge in [-0.05, 0) is 57.7 Å². The highest BCUT2D eigenvalue weighted by molar-refractivity contribution is 8.93. The molecule has 0 spiro atoms. The Kier molecular flexibility index (Phi) is 8.34. The number of rotatable bonds is 7. The Labute approximate surface area is 141 Å². The molecule has 1 amide bonds. The smallest absolute Gasteiger partial charge is 0.267 e. The highest BCUT2D eigenvalue weighted by atomic mass is 79.9. The molecule has 1 heterocycles. The second kappa shape index (κ2) is 9.74. The number of aromatic amines is 1. The third-order valence-corrected chi connectivity index (χ3v) is 3.89. The fourth-order valence-electron chi connectivity index (χ4n) is 2.74. The molecule has 22 heavy (non-hydrogen) atoms. The van der Waals surface area contributed by atoms with Crippen LogP contribution in [0.3, 0.4) is 0 Å². The molecule has 2 rings (SSSR count). The van der Waals surface area contributed by atoms with E-state index in [9.17, 15) is 9.59 Å². The number of carbonyl (C=O) groups is 1. The third kappa shape index (κ3) is 5.21. The summed E-state index contributed by atoms with van der Waals surface area (Å²) in [5, 5.41) is 12.6. The largest absolute Gasteiger partial charge is 0.356 e. The topological polar surface area (TPSA) is 86.9 Å². The quantitative estimate of drug-likeness (QED) is 0.620. The molecule has 1 aromatic heterocycles. The van der Waals surface area contributed by atoms with Crippen molar-refractivity contribution in [3.63, 3.8) is 0 Å². The zero-order chi connectivity index (χ0) is 15.1. The lowest BCUT2D eigenvalue weighted by atomic mass is 9.91. The van der Waals surface area contributed by atoms with Crippen LogP contribution in [0.15, 0.2) is 4.79 Å². The fraction of sp³-hybridized carbons (Fsp3) is 0.667. The summed E-state index contributed by atoms with van der Waals surface area (Å²) in [6.07, 6.45) is 6.02. The molecule has 0 atom stereocenters. The summed E-state index contributed by atoms with van der Waals surface area (Å²) in [6, 6.07) is 0. The van der Waals surface area contributed by atoms with Crippen molar-refractivity contribution in [3.05, 3.63) is 27.2 Å². The summed E-state index contributed by atoms with van der Waals surface area (Å²) in [5.74, 6) is -0.0215. The number of H-pyrrole nitrogens is 1. The van der Waals surface area contributed by atoms with Crippen molar-refractivity contribution in [2.75, 3.05) is 20.1 Å². The molecule has 0 fully saturated rings. The van der Waals surface area contributed by atoms with Gasteiger partial charge >= 0.3 is 0 Å². The van der Waals surface area contributed by atoms with Gasteiger partial charge in [0, 0.05) is 12.1 Å². The number of nitrogens with zero attached hydrogens (tertiary/aromatic N) is 1. The van der Waals surface area contributed by atoms with Gasteiger partial charge in [0.15, 0.2) is 0 Å². The van der Waals surface area contributed by atoms with Crippen molar-refractivity contribution in [1.82, 2.24) is 20.8 Å². The predicted octanol–water partition coefficient (Wildman–Crippen LogP) is 0.885. The molecule has 0 aliphatic heterocycles. The number of unbranched alkanes of at least 4 members (excludes halogenated alkanes) is 1. The van der Waals surface area contributed by atoms with E-state index in [1.54, 1.807) is 0 Å². The first-order valence-electron chi connectivity index (χ1n) is 7.73. The van der Waals surface area contributed by atoms with Crippen LogP contribution in [0.2, 0.25) is 0 Å². The molecule has 1 aromatic rings. The van der Waals surface area contributed by atoms with Crippen molar-refractivity contribution >= 4 is 22.9 Å². The van der Waals surface area contributed by atoms with Crippen LogP contribution in [0.5, 0.6) is 0 Å². The van der Waals surface area contributed by atoms with Gasteiger partial charge < -0.3 is 10.6 Å². The van der Waals surface area contributed by atoms with Gasteiger partial charge in [-0.1, -0.05) is 0 Å². The average Bonchev–Trinajstić information content (AvgIpc) is 2.50. The Bertz CT molecular complexity index is 545. The Morgan fingerprint density at radius 1 is 1.18 bits per heavy atom. The summed E-state index contributed by atoms with van der Waals surface area (Å²) in [5.41, 5.74) is 2.46. The number of aromatic nitrogens is 2. The minimum absolute atomic E-state index is 0. The number of halogens is 1. The first-order chi connectivity index (χ1) is 10.2. The van der Waals surface area contributed by atoms with Crippen LogP contribution in [0.4, 0.5) is 0 Å². The lowest BCUT2D eigenvalue weighted by molar-refractivity contribution is -0.120. The van der Waals surface area contributed by atoms with Crippen molar-refractivity contribution in [3.8, 4) is 0 Å². The van der Waals surface area contributed by atoms with E-state index in [4.69, 9.17) is 0 Å². The van der Waals surface area contributed by atoms with Crippen molar-refractivity contribution in [1.29, 1.82) is 0 Å². The maximum atomic E-state index is 12.0. The number of fused-ring (bicyclic) bond motifs is 1. The van der Waals surface area contributed by atoms with E-state index in [0.717, 1.165) is 61.9 Å². The number of hydrogen-bond donors (Lipinski definition) is 3. The minimum atomic E-state index is -0.0964. The average molecular weight is 373 g/mol. The van der Waals surface area contributed by atoms with Crippen LogP contribution in [-0.4, -0.2) is 36.2 Å². The summed E-state index contributed by atoms with van der Waals surface area (Å²) >= 11 is 0. The lowest BCUT2D eigenvalue weighted by Crippen LogP contribution is -2.29. The Morgan fingerprint density at radius 2 is 1.86 bits per heavy atom. The summed E-state index contributed by atoms with van der Waals surface area (Å²) < 4.78 is 0. The van der Waals surface area contributed by atoms with Crippen molar-refractivity contribution < 1.29 is 4.79 Å². The van der Waals surface area contributed by atoms with Gasteiger partial charge in [-0.15, -0.1) is 17.0 Å². The first kappa shape index (κ1) is 18.8. The van der Waals surface area contributed by atoms with E-state index in [-0.39, 0.29) is 34.9 Å². The summed E-state index contributed by atoms with van der Waals surface area (Å²) in [4.78, 5) is 23.7. The van der Waals surface area contributed by atoms with Crippen LogP contribution < -0.4 is 16.2 Å². The lowest BCUT2D eigenvalue weighted by Gasteiger charge is -2.17. The molecule has 6 nitrogen and oxygen atoms in total. The van der Waals surface area contributed by atoms with Gasteiger partial charge in [0.05, 0.1) is 12.1 Å². The predicted molar refractivity (Wildman–Crippen MR) is 91.7 cm³/mol. The van der Waals surface area contributed by atoms with Crippen LogP contribution >= 0.6 is 17.0 Å². The standard InChI is InChI=1S/C15H24N4O2.BrH/c1-16-8-4-5-9-17-14(20)10-13-11-6-2-3-7-12(11)15(21)19-18-13;/h16H,2-10H2,1H3,(H,17,20)(H,19,21);1H. The summed E-state index contributed by atoms with van der Waals surface area (Å²) in [7, 11) is 1.92. The number of hydrogen-bond acceptors (Lipinski definition) is 4. The van der Waals surface area contributed by atoms with Gasteiger partial charge in [-0.25, -0.2) is 5.10 Å². The Hall–Kier alpha value is -1.21. The highest BCUT2D eigenvalue weighted by Crippen LogP contribution is 2.20. The molecule has 7 heteroatoms. The van der Waals surface area contributed by atoms with Crippen LogP contribution in [0.1, 0.15) is 42.5 Å². The van der Waals surface area contributed by atoms with Gasteiger partial charge in [-0.2, -0.15) is 5.10 Å².